The Labute approximate surface area is 307 Å². The summed E-state index contributed by atoms with van der Waals surface area (Å²) in [5.41, 5.74) is 9.50. The molecule has 4 heterocycles. The van der Waals surface area contributed by atoms with E-state index >= 15 is 0 Å². The summed E-state index contributed by atoms with van der Waals surface area (Å²) >= 11 is 1.83. The summed E-state index contributed by atoms with van der Waals surface area (Å²) in [6.45, 7) is 0. The SMILES string of the molecule is c1ccc(-n2c3ccccc3c3cc4cc5c(cc4cc32)c2ccccc2n5-c2nc3ccccc3nc2-c2cccc3sc4ccccc4c23)cc1. The van der Waals surface area contributed by atoms with Crippen molar-refractivity contribution in [2.24, 2.45) is 0 Å². The molecule has 0 aliphatic carbocycles. The Morgan fingerprint density at radius 2 is 0.962 bits per heavy atom. The Balaban J connectivity index is 1.21. The molecule has 0 saturated heterocycles. The lowest BCUT2D eigenvalue weighted by Gasteiger charge is -2.15. The number of hydrogen-bond donors (Lipinski definition) is 0. The average Bonchev–Trinajstić information content (AvgIpc) is 3.86. The van der Waals surface area contributed by atoms with Gasteiger partial charge >= 0.3 is 0 Å². The van der Waals surface area contributed by atoms with Gasteiger partial charge in [-0.15, -0.1) is 11.3 Å². The van der Waals surface area contributed by atoms with E-state index in [0.717, 1.165) is 44.8 Å². The van der Waals surface area contributed by atoms with E-state index < -0.39 is 0 Å². The Bertz CT molecular complexity index is 3460. The molecule has 12 aromatic rings. The molecule has 0 atom stereocenters. The van der Waals surface area contributed by atoms with Gasteiger partial charge in [0.2, 0.25) is 0 Å². The lowest BCUT2D eigenvalue weighted by Crippen LogP contribution is -2.04. The fourth-order valence-corrected chi connectivity index (χ4v) is 9.69. The summed E-state index contributed by atoms with van der Waals surface area (Å²) in [6, 6.07) is 61.1. The van der Waals surface area contributed by atoms with Gasteiger partial charge in [0.15, 0.2) is 5.82 Å². The van der Waals surface area contributed by atoms with Gasteiger partial charge in [-0.25, -0.2) is 9.97 Å². The highest BCUT2D eigenvalue weighted by Crippen LogP contribution is 2.44. The Kier molecular flexibility index (Phi) is 5.90. The minimum Gasteiger partial charge on any atom is -0.309 e. The van der Waals surface area contributed by atoms with Crippen LogP contribution in [0.2, 0.25) is 0 Å². The first-order valence-corrected chi connectivity index (χ1v) is 18.7. The summed E-state index contributed by atoms with van der Waals surface area (Å²) in [6.07, 6.45) is 0. The molecule has 0 radical (unpaired) electrons. The highest BCUT2D eigenvalue weighted by Gasteiger charge is 2.23. The van der Waals surface area contributed by atoms with Gasteiger partial charge in [-0.1, -0.05) is 97.1 Å². The maximum absolute atomic E-state index is 5.47. The fraction of sp³-hybridized carbons (Fsp3) is 0. The predicted octanol–water partition coefficient (Wildman–Crippen LogP) is 13.0. The lowest BCUT2D eigenvalue weighted by molar-refractivity contribution is 1.08. The largest absolute Gasteiger partial charge is 0.309 e. The summed E-state index contributed by atoms with van der Waals surface area (Å²) in [5.74, 6) is 0.832. The van der Waals surface area contributed by atoms with Gasteiger partial charge in [0.05, 0.1) is 33.1 Å². The van der Waals surface area contributed by atoms with E-state index in [-0.39, 0.29) is 0 Å². The molecule has 12 rings (SSSR count). The monoisotopic (exact) mass is 692 g/mol. The zero-order valence-corrected chi connectivity index (χ0v) is 29.2. The quantitative estimate of drug-likeness (QED) is 0.185. The van der Waals surface area contributed by atoms with E-state index in [4.69, 9.17) is 9.97 Å². The van der Waals surface area contributed by atoms with Crippen molar-refractivity contribution in [3.05, 3.63) is 170 Å². The number of para-hydroxylation sites is 5. The number of rotatable bonds is 3. The van der Waals surface area contributed by atoms with Gasteiger partial charge in [0.1, 0.15) is 5.69 Å². The molecule has 0 aliphatic rings. The predicted molar refractivity (Wildman–Crippen MR) is 224 cm³/mol. The topological polar surface area (TPSA) is 35.6 Å². The third kappa shape index (κ3) is 4.11. The highest BCUT2D eigenvalue weighted by atomic mass is 32.1. The molecule has 0 fully saturated rings. The van der Waals surface area contributed by atoms with Gasteiger partial charge in [0, 0.05) is 53.0 Å². The zero-order chi connectivity index (χ0) is 34.6. The first-order valence-electron chi connectivity index (χ1n) is 17.9. The molecule has 0 unspecified atom stereocenters. The molecule has 5 heteroatoms. The van der Waals surface area contributed by atoms with E-state index in [1.807, 2.05) is 23.5 Å². The molecule has 53 heavy (non-hydrogen) atoms. The number of fused-ring (bicyclic) bond motifs is 11. The van der Waals surface area contributed by atoms with Crippen molar-refractivity contribution in [3.63, 3.8) is 0 Å². The van der Waals surface area contributed by atoms with E-state index in [1.54, 1.807) is 0 Å². The van der Waals surface area contributed by atoms with E-state index in [0.29, 0.717) is 0 Å². The lowest BCUT2D eigenvalue weighted by atomic mass is 10.0. The van der Waals surface area contributed by atoms with Crippen LogP contribution in [-0.2, 0) is 0 Å². The molecule has 0 bridgehead atoms. The number of nitrogens with zero attached hydrogens (tertiary/aromatic N) is 4. The summed E-state index contributed by atoms with van der Waals surface area (Å²) < 4.78 is 7.26. The summed E-state index contributed by atoms with van der Waals surface area (Å²) in [7, 11) is 0. The molecule has 0 spiro atoms. The Morgan fingerprint density at radius 3 is 1.70 bits per heavy atom. The molecule has 4 nitrogen and oxygen atoms in total. The zero-order valence-electron chi connectivity index (χ0n) is 28.4. The standard InChI is InChI=1S/C48H28N4S/c1-2-13-31(14-3-1)51-40-21-9-4-15-32(40)36-25-30-28-43-37(26-29(30)27-42(36)51)33-16-5-10-22-41(33)52(43)48-47(49-38-19-7-8-20-39(38)50-48)35-18-12-24-45-46(35)34-17-6-11-23-44(34)53-45/h1-28H. The first kappa shape index (κ1) is 28.8. The van der Waals surface area contributed by atoms with E-state index in [1.165, 1.54) is 63.5 Å². The van der Waals surface area contributed by atoms with E-state index in [9.17, 15) is 0 Å². The van der Waals surface area contributed by atoms with Crippen LogP contribution in [-0.4, -0.2) is 19.1 Å². The van der Waals surface area contributed by atoms with Gasteiger partial charge in [-0.05, 0) is 83.6 Å². The third-order valence-corrected chi connectivity index (χ3v) is 12.0. The molecule has 0 saturated carbocycles. The normalized spacial score (nSPS) is 12.2. The summed E-state index contributed by atoms with van der Waals surface area (Å²) in [4.78, 5) is 10.9. The fourth-order valence-electron chi connectivity index (χ4n) is 8.56. The van der Waals surface area contributed by atoms with Gasteiger partial charge in [-0.3, -0.25) is 4.57 Å². The van der Waals surface area contributed by atoms with Crippen LogP contribution in [0.15, 0.2) is 170 Å². The van der Waals surface area contributed by atoms with Crippen molar-refractivity contribution in [2.45, 2.75) is 0 Å². The molecule has 0 amide bonds. The molecule has 0 aliphatic heterocycles. The van der Waals surface area contributed by atoms with Crippen LogP contribution in [0.1, 0.15) is 0 Å². The third-order valence-electron chi connectivity index (χ3n) is 10.9. The van der Waals surface area contributed by atoms with Crippen LogP contribution >= 0.6 is 11.3 Å². The minimum absolute atomic E-state index is 0.832. The maximum atomic E-state index is 5.47. The van der Waals surface area contributed by atoms with Crippen molar-refractivity contribution < 1.29 is 0 Å². The molecule has 0 N–H and O–H groups in total. The number of benzene rings is 8. The highest BCUT2D eigenvalue weighted by molar-refractivity contribution is 7.25. The van der Waals surface area contributed by atoms with Crippen LogP contribution in [0.5, 0.6) is 0 Å². The second kappa shape index (κ2) is 10.8. The summed E-state index contributed by atoms with van der Waals surface area (Å²) in [5, 5.41) is 9.72. The van der Waals surface area contributed by atoms with Crippen molar-refractivity contribution in [2.75, 3.05) is 0 Å². The number of thiophene rings is 1. The Hall–Kier alpha value is -6.82. The molecular formula is C48H28N4S. The van der Waals surface area contributed by atoms with Crippen LogP contribution < -0.4 is 0 Å². The van der Waals surface area contributed by atoms with Gasteiger partial charge in [0.25, 0.3) is 0 Å². The van der Waals surface area contributed by atoms with E-state index in [2.05, 4.69) is 167 Å². The van der Waals surface area contributed by atoms with Crippen LogP contribution in [0, 0.1) is 0 Å². The van der Waals surface area contributed by atoms with Crippen molar-refractivity contribution in [3.8, 4) is 22.8 Å². The molecule has 246 valence electrons. The first-order chi connectivity index (χ1) is 26.3. The van der Waals surface area contributed by atoms with Crippen LogP contribution in [0.3, 0.4) is 0 Å². The molecular weight excluding hydrogens is 665 g/mol. The molecule has 4 aromatic heterocycles. The Morgan fingerprint density at radius 1 is 0.396 bits per heavy atom. The maximum Gasteiger partial charge on any atom is 0.165 e. The second-order valence-corrected chi connectivity index (χ2v) is 14.9. The van der Waals surface area contributed by atoms with Gasteiger partial charge < -0.3 is 4.57 Å². The van der Waals surface area contributed by atoms with Crippen molar-refractivity contribution in [1.29, 1.82) is 0 Å². The van der Waals surface area contributed by atoms with Crippen molar-refractivity contribution >= 4 is 96.9 Å². The number of hydrogen-bond acceptors (Lipinski definition) is 3. The van der Waals surface area contributed by atoms with Crippen LogP contribution in [0.4, 0.5) is 0 Å². The van der Waals surface area contributed by atoms with Crippen molar-refractivity contribution in [1.82, 2.24) is 19.1 Å². The average molecular weight is 693 g/mol. The number of aromatic nitrogens is 4. The second-order valence-electron chi connectivity index (χ2n) is 13.8. The molecule has 8 aromatic carbocycles. The minimum atomic E-state index is 0.832. The van der Waals surface area contributed by atoms with Gasteiger partial charge in [-0.2, -0.15) is 0 Å². The smallest absolute Gasteiger partial charge is 0.165 e. The van der Waals surface area contributed by atoms with Crippen LogP contribution in [0.25, 0.3) is 108 Å².